The van der Waals surface area contributed by atoms with E-state index < -0.39 is 48.3 Å². The number of piperidine rings is 1. The highest BCUT2D eigenvalue weighted by Gasteiger charge is 2.26. The van der Waals surface area contributed by atoms with E-state index in [4.69, 9.17) is 9.47 Å². The number of alkyl halides is 2. The molecule has 0 unspecified atom stereocenters. The lowest BCUT2D eigenvalue weighted by Crippen LogP contribution is -2.44. The molecule has 0 N–H and O–H groups in total. The molecule has 1 aliphatic heterocycles. The number of rotatable bonds is 11. The van der Waals surface area contributed by atoms with E-state index in [1.807, 2.05) is 30.3 Å². The van der Waals surface area contributed by atoms with Gasteiger partial charge in [-0.3, -0.25) is 18.7 Å². The van der Waals surface area contributed by atoms with Crippen LogP contribution < -0.4 is 20.7 Å². The zero-order valence-electron chi connectivity index (χ0n) is 22.8. The second kappa shape index (κ2) is 13.0. The van der Waals surface area contributed by atoms with E-state index in [0.29, 0.717) is 43.9 Å². The molecule has 0 aliphatic carbocycles. The predicted octanol–water partition coefficient (Wildman–Crippen LogP) is 4.41. The maximum Gasteiger partial charge on any atom is 0.332 e. The fourth-order valence-corrected chi connectivity index (χ4v) is 5.11. The summed E-state index contributed by atoms with van der Waals surface area (Å²) in [6, 6.07) is 18.3. The van der Waals surface area contributed by atoms with Crippen LogP contribution in [0.3, 0.4) is 0 Å². The third kappa shape index (κ3) is 6.19. The molecule has 1 fully saturated rings. The molecule has 0 bridgehead atoms. The quantitative estimate of drug-likeness (QED) is 0.245. The number of aromatic nitrogens is 2. The molecular formula is C31H30F3N3O5. The number of likely N-dealkylation sites (tertiary alicyclic amines) is 1. The van der Waals surface area contributed by atoms with Gasteiger partial charge in [-0.2, -0.15) is 0 Å². The maximum atomic E-state index is 15.1. The first-order valence-electron chi connectivity index (χ1n) is 13.6. The zero-order chi connectivity index (χ0) is 29.6. The Kier molecular flexibility index (Phi) is 8.94. The van der Waals surface area contributed by atoms with Crippen molar-refractivity contribution in [1.29, 1.82) is 0 Å². The number of halogens is 3. The summed E-state index contributed by atoms with van der Waals surface area (Å²) < 4.78 is 54.7. The lowest BCUT2D eigenvalue weighted by atomic mass is 10.0. The van der Waals surface area contributed by atoms with Gasteiger partial charge in [0.15, 0.2) is 17.7 Å². The average Bonchev–Trinajstić information content (AvgIpc) is 3.03. The number of hydrogen-bond acceptors (Lipinski definition) is 5. The summed E-state index contributed by atoms with van der Waals surface area (Å²) in [6.45, 7) is -1.28. The van der Waals surface area contributed by atoms with Crippen LogP contribution in [-0.4, -0.2) is 53.0 Å². The largest absolute Gasteiger partial charge is 0.489 e. The van der Waals surface area contributed by atoms with E-state index in [1.165, 1.54) is 4.57 Å². The molecule has 11 heteroatoms. The van der Waals surface area contributed by atoms with Crippen LogP contribution in [0.5, 0.6) is 11.5 Å². The van der Waals surface area contributed by atoms with Gasteiger partial charge in [0.05, 0.1) is 17.4 Å². The van der Waals surface area contributed by atoms with Crippen molar-refractivity contribution >= 4 is 17.3 Å². The smallest absolute Gasteiger partial charge is 0.332 e. The minimum atomic E-state index is -1.53. The number of carbonyl (C=O) groups excluding carboxylic acids is 1. The molecule has 0 saturated carbocycles. The van der Waals surface area contributed by atoms with Gasteiger partial charge in [-0.25, -0.2) is 18.0 Å². The third-order valence-electron chi connectivity index (χ3n) is 7.39. The van der Waals surface area contributed by atoms with E-state index in [-0.39, 0.29) is 17.4 Å². The van der Waals surface area contributed by atoms with E-state index in [9.17, 15) is 23.2 Å². The molecule has 1 saturated heterocycles. The van der Waals surface area contributed by atoms with E-state index in [2.05, 4.69) is 0 Å². The summed E-state index contributed by atoms with van der Waals surface area (Å²) >= 11 is 0. The lowest BCUT2D eigenvalue weighted by Gasteiger charge is -2.31. The molecule has 2 heterocycles. The van der Waals surface area contributed by atoms with Crippen LogP contribution in [0.4, 0.5) is 13.2 Å². The molecule has 1 aromatic heterocycles. The Morgan fingerprint density at radius 3 is 2.26 bits per heavy atom. The van der Waals surface area contributed by atoms with E-state index in [0.717, 1.165) is 28.7 Å². The van der Waals surface area contributed by atoms with Gasteiger partial charge in [0, 0.05) is 25.2 Å². The van der Waals surface area contributed by atoms with Gasteiger partial charge >= 0.3 is 5.69 Å². The van der Waals surface area contributed by atoms with E-state index >= 15 is 4.39 Å². The first kappa shape index (κ1) is 29.0. The summed E-state index contributed by atoms with van der Waals surface area (Å²) in [7, 11) is 0. The van der Waals surface area contributed by atoms with Gasteiger partial charge in [-0.1, -0.05) is 42.5 Å². The van der Waals surface area contributed by atoms with Crippen molar-refractivity contribution in [1.82, 2.24) is 14.0 Å². The fourth-order valence-electron chi connectivity index (χ4n) is 5.11. The highest BCUT2D eigenvalue weighted by Crippen LogP contribution is 2.28. The number of amides is 1. The van der Waals surface area contributed by atoms with Crippen molar-refractivity contribution in [3.63, 3.8) is 0 Å². The minimum absolute atomic E-state index is 0.0249. The minimum Gasteiger partial charge on any atom is -0.489 e. The number of carbonyl (C=O) groups is 1. The van der Waals surface area contributed by atoms with Crippen molar-refractivity contribution in [3.8, 4) is 11.5 Å². The Morgan fingerprint density at radius 2 is 1.62 bits per heavy atom. The number of benzene rings is 3. The van der Waals surface area contributed by atoms with Crippen LogP contribution in [0.1, 0.15) is 30.0 Å². The third-order valence-corrected chi connectivity index (χ3v) is 7.39. The van der Waals surface area contributed by atoms with Gasteiger partial charge in [-0.15, -0.1) is 0 Å². The normalized spacial score (nSPS) is 14.0. The van der Waals surface area contributed by atoms with Gasteiger partial charge in [0.1, 0.15) is 25.7 Å². The Balaban J connectivity index is 1.51. The van der Waals surface area contributed by atoms with Crippen LogP contribution in [0, 0.1) is 5.82 Å². The summed E-state index contributed by atoms with van der Waals surface area (Å²) in [4.78, 5) is 40.3. The topological polar surface area (TPSA) is 82.8 Å². The molecule has 0 spiro atoms. The molecule has 0 atom stereocenters. The summed E-state index contributed by atoms with van der Waals surface area (Å²) in [5.41, 5.74) is 0.393. The van der Waals surface area contributed by atoms with Crippen molar-refractivity contribution in [2.24, 2.45) is 0 Å². The first-order valence-corrected chi connectivity index (χ1v) is 13.6. The molecule has 42 heavy (non-hydrogen) atoms. The van der Waals surface area contributed by atoms with Gasteiger partial charge in [-0.05, 0) is 42.2 Å². The summed E-state index contributed by atoms with van der Waals surface area (Å²) in [5.74, 6) is -0.816. The molecule has 1 aliphatic rings. The Labute approximate surface area is 239 Å². The Hall–Kier alpha value is -4.54. The second-order valence-electron chi connectivity index (χ2n) is 10.2. The van der Waals surface area contributed by atoms with E-state index in [1.54, 1.807) is 29.2 Å². The second-order valence-corrected chi connectivity index (χ2v) is 10.2. The number of ether oxygens (including phenoxy) is 2. The lowest BCUT2D eigenvalue weighted by molar-refractivity contribution is -0.119. The molecule has 4 aromatic rings. The molecule has 0 radical (unpaired) electrons. The standard InChI is InChI=1S/C31H30F3N3O5/c32-16-25(17-33)42-29-14-26-28(15-27(29)34)37(23-10-12-35(20-38)13-11-23)31(40)36(30(26)39)18-21-6-8-24(9-7-21)41-19-22-4-2-1-3-5-22/h1-9,14-15,20,23,25H,10-13,16-19H2. The van der Waals surface area contributed by atoms with Crippen LogP contribution in [-0.2, 0) is 17.9 Å². The number of fused-ring (bicyclic) bond motifs is 1. The van der Waals surface area contributed by atoms with Gasteiger partial charge in [0.2, 0.25) is 6.41 Å². The Morgan fingerprint density at radius 1 is 0.929 bits per heavy atom. The SMILES string of the molecule is O=CN1CCC(n2c(=O)n(Cc3ccc(OCc4ccccc4)cc3)c(=O)c3cc(OC(CF)CF)c(F)cc32)CC1. The maximum absolute atomic E-state index is 15.1. The number of nitrogens with zero attached hydrogens (tertiary/aromatic N) is 3. The van der Waals surface area contributed by atoms with Crippen molar-refractivity contribution < 1.29 is 27.4 Å². The highest BCUT2D eigenvalue weighted by molar-refractivity contribution is 5.80. The summed E-state index contributed by atoms with van der Waals surface area (Å²) in [5, 5.41) is -0.0249. The number of hydrogen-bond donors (Lipinski definition) is 0. The molecule has 1 amide bonds. The summed E-state index contributed by atoms with van der Waals surface area (Å²) in [6.07, 6.45) is 0.0527. The van der Waals surface area contributed by atoms with Crippen LogP contribution in [0.15, 0.2) is 76.3 Å². The highest BCUT2D eigenvalue weighted by atomic mass is 19.1. The monoisotopic (exact) mass is 581 g/mol. The zero-order valence-corrected chi connectivity index (χ0v) is 22.8. The molecule has 8 nitrogen and oxygen atoms in total. The van der Waals surface area contributed by atoms with Gasteiger partial charge in [0.25, 0.3) is 5.56 Å². The molecule has 5 rings (SSSR count). The molecule has 3 aromatic carbocycles. The van der Waals surface area contributed by atoms with Crippen LogP contribution in [0.2, 0.25) is 0 Å². The van der Waals surface area contributed by atoms with Crippen molar-refractivity contribution in [2.75, 3.05) is 26.4 Å². The van der Waals surface area contributed by atoms with Crippen LogP contribution in [0.25, 0.3) is 10.9 Å². The van der Waals surface area contributed by atoms with Crippen molar-refractivity contribution in [3.05, 3.63) is 105 Å². The first-order chi connectivity index (χ1) is 20.4. The molecule has 220 valence electrons. The predicted molar refractivity (Wildman–Crippen MR) is 151 cm³/mol. The average molecular weight is 582 g/mol. The van der Waals surface area contributed by atoms with Gasteiger partial charge < -0.3 is 14.4 Å². The Bertz CT molecular complexity index is 1650. The van der Waals surface area contributed by atoms with Crippen LogP contribution >= 0.6 is 0 Å². The fraction of sp³-hybridized carbons (Fsp3) is 0.323. The van der Waals surface area contributed by atoms with Crippen molar-refractivity contribution in [2.45, 2.75) is 38.1 Å². The molecular weight excluding hydrogens is 551 g/mol.